The van der Waals surface area contributed by atoms with Crippen LogP contribution in [0.15, 0.2) is 48.6 Å². The highest BCUT2D eigenvalue weighted by Crippen LogP contribution is 2.13. The molecule has 0 heterocycles. The summed E-state index contributed by atoms with van der Waals surface area (Å²) in [5, 5.41) is 0. The third-order valence-corrected chi connectivity index (χ3v) is 1.62. The minimum absolute atomic E-state index is 1.04. The quantitative estimate of drug-likeness (QED) is 0.535. The second-order valence-corrected chi connectivity index (χ2v) is 2.54. The summed E-state index contributed by atoms with van der Waals surface area (Å²) in [4.78, 5) is 0. The van der Waals surface area contributed by atoms with Crippen molar-refractivity contribution in [2.75, 3.05) is 0 Å². The molecule has 0 amide bonds. The van der Waals surface area contributed by atoms with E-state index in [1.807, 2.05) is 12.2 Å². The van der Waals surface area contributed by atoms with Crippen LogP contribution in [-0.4, -0.2) is 0 Å². The molecular weight excluding hydrogens is 144 g/mol. The minimum atomic E-state index is 1.04. The second kappa shape index (κ2) is 6.66. The maximum Gasteiger partial charge on any atom is -0.0233 e. The summed E-state index contributed by atoms with van der Waals surface area (Å²) in [6.07, 6.45) is 10.2. The Bertz CT molecular complexity index is 180. The molecule has 0 aromatic rings. The molecule has 12 heavy (non-hydrogen) atoms. The van der Waals surface area contributed by atoms with E-state index in [1.165, 1.54) is 11.1 Å². The summed E-state index contributed by atoms with van der Waals surface area (Å²) < 4.78 is 0. The number of rotatable bonds is 5. The van der Waals surface area contributed by atoms with Gasteiger partial charge in [0.05, 0.1) is 0 Å². The van der Waals surface area contributed by atoms with Gasteiger partial charge in [-0.15, -0.1) is 0 Å². The maximum absolute atomic E-state index is 3.77. The van der Waals surface area contributed by atoms with Crippen molar-refractivity contribution >= 4 is 0 Å². The van der Waals surface area contributed by atoms with Gasteiger partial charge < -0.3 is 0 Å². The summed E-state index contributed by atoms with van der Waals surface area (Å²) in [7, 11) is 0. The summed E-state index contributed by atoms with van der Waals surface area (Å²) in [5.74, 6) is 0. The lowest BCUT2D eigenvalue weighted by atomic mass is 10.0. The largest absolute Gasteiger partial charge is 0.0985 e. The van der Waals surface area contributed by atoms with Crippen LogP contribution in [0.25, 0.3) is 0 Å². The summed E-state index contributed by atoms with van der Waals surface area (Å²) in [5.41, 5.74) is 2.38. The van der Waals surface area contributed by atoms with Gasteiger partial charge in [0.1, 0.15) is 0 Å². The Hall–Kier alpha value is -1.04. The van der Waals surface area contributed by atoms with Crippen LogP contribution >= 0.6 is 0 Å². The van der Waals surface area contributed by atoms with Crippen molar-refractivity contribution in [2.24, 2.45) is 0 Å². The van der Waals surface area contributed by atoms with Crippen molar-refractivity contribution in [2.45, 2.75) is 26.7 Å². The normalized spacial score (nSPS) is 12.8. The first-order valence-electron chi connectivity index (χ1n) is 4.45. The Kier molecular flexibility index (Phi) is 6.08. The van der Waals surface area contributed by atoms with Crippen molar-refractivity contribution in [3.05, 3.63) is 48.6 Å². The van der Waals surface area contributed by atoms with Crippen molar-refractivity contribution in [1.82, 2.24) is 0 Å². The highest BCUT2D eigenvalue weighted by molar-refractivity contribution is 5.44. The Morgan fingerprint density at radius 1 is 0.917 bits per heavy atom. The van der Waals surface area contributed by atoms with Gasteiger partial charge in [-0.1, -0.05) is 51.3 Å². The molecule has 0 unspecified atom stereocenters. The van der Waals surface area contributed by atoms with Gasteiger partial charge in [0.2, 0.25) is 0 Å². The van der Waals surface area contributed by atoms with Crippen LogP contribution in [0, 0.1) is 0 Å². The Balaban J connectivity index is 4.67. The zero-order chi connectivity index (χ0) is 9.40. The SMILES string of the molecule is C=CC(=CCC)C(C=C)=CCC. The van der Waals surface area contributed by atoms with Gasteiger partial charge in [-0.3, -0.25) is 0 Å². The summed E-state index contributed by atoms with van der Waals surface area (Å²) >= 11 is 0. The zero-order valence-electron chi connectivity index (χ0n) is 8.14. The Morgan fingerprint density at radius 2 is 1.25 bits per heavy atom. The van der Waals surface area contributed by atoms with Gasteiger partial charge in [-0.05, 0) is 24.0 Å². The molecule has 0 saturated carbocycles. The molecule has 0 spiro atoms. The van der Waals surface area contributed by atoms with E-state index in [0.717, 1.165) is 12.8 Å². The van der Waals surface area contributed by atoms with Crippen LogP contribution in [-0.2, 0) is 0 Å². The van der Waals surface area contributed by atoms with Gasteiger partial charge in [0.25, 0.3) is 0 Å². The van der Waals surface area contributed by atoms with E-state index >= 15 is 0 Å². The number of hydrogen-bond donors (Lipinski definition) is 0. The molecule has 0 aliphatic heterocycles. The monoisotopic (exact) mass is 162 g/mol. The van der Waals surface area contributed by atoms with Crippen molar-refractivity contribution in [3.8, 4) is 0 Å². The lowest BCUT2D eigenvalue weighted by Crippen LogP contribution is -1.82. The highest BCUT2D eigenvalue weighted by atomic mass is 14.0. The molecule has 0 bridgehead atoms. The fourth-order valence-electron chi connectivity index (χ4n) is 1.08. The average Bonchev–Trinajstić information content (AvgIpc) is 2.11. The second-order valence-electron chi connectivity index (χ2n) is 2.54. The van der Waals surface area contributed by atoms with Gasteiger partial charge in [-0.25, -0.2) is 0 Å². The predicted octanol–water partition coefficient (Wildman–Crippen LogP) is 4.03. The summed E-state index contributed by atoms with van der Waals surface area (Å²) in [6, 6.07) is 0. The molecule has 0 fully saturated rings. The van der Waals surface area contributed by atoms with Gasteiger partial charge in [0, 0.05) is 0 Å². The molecule has 0 radical (unpaired) electrons. The summed E-state index contributed by atoms with van der Waals surface area (Å²) in [6.45, 7) is 11.8. The molecular formula is C12H18. The van der Waals surface area contributed by atoms with Crippen LogP contribution in [0.4, 0.5) is 0 Å². The van der Waals surface area contributed by atoms with Crippen LogP contribution in [0.3, 0.4) is 0 Å². The predicted molar refractivity (Wildman–Crippen MR) is 57.1 cm³/mol. The van der Waals surface area contributed by atoms with E-state index in [2.05, 4.69) is 39.2 Å². The van der Waals surface area contributed by atoms with Crippen LogP contribution in [0.2, 0.25) is 0 Å². The van der Waals surface area contributed by atoms with Gasteiger partial charge >= 0.3 is 0 Å². The van der Waals surface area contributed by atoms with E-state index in [-0.39, 0.29) is 0 Å². The van der Waals surface area contributed by atoms with Crippen LogP contribution < -0.4 is 0 Å². The Labute approximate surface area is 76.0 Å². The first-order valence-corrected chi connectivity index (χ1v) is 4.45. The molecule has 0 aromatic heterocycles. The standard InChI is InChI=1S/C12H18/c1-5-9-11(7-3)12(8-4)10-6-2/h7-10H,3-6H2,1-2H3. The number of allylic oxidation sites excluding steroid dienone is 6. The molecule has 0 rings (SSSR count). The molecule has 0 atom stereocenters. The topological polar surface area (TPSA) is 0 Å². The van der Waals surface area contributed by atoms with Crippen LogP contribution in [0.5, 0.6) is 0 Å². The first-order chi connectivity index (χ1) is 5.79. The third-order valence-electron chi connectivity index (χ3n) is 1.62. The smallest absolute Gasteiger partial charge is 0.0233 e. The molecule has 0 aliphatic rings. The lowest BCUT2D eigenvalue weighted by molar-refractivity contribution is 1.18. The van der Waals surface area contributed by atoms with E-state index in [9.17, 15) is 0 Å². The molecule has 0 heteroatoms. The molecule has 0 nitrogen and oxygen atoms in total. The van der Waals surface area contributed by atoms with Crippen molar-refractivity contribution < 1.29 is 0 Å². The van der Waals surface area contributed by atoms with Crippen molar-refractivity contribution in [1.29, 1.82) is 0 Å². The average molecular weight is 162 g/mol. The molecule has 0 aliphatic carbocycles. The first kappa shape index (κ1) is 11.0. The molecule has 0 aromatic carbocycles. The fraction of sp³-hybridized carbons (Fsp3) is 0.333. The maximum atomic E-state index is 3.77. The fourth-order valence-corrected chi connectivity index (χ4v) is 1.08. The van der Waals surface area contributed by atoms with Crippen molar-refractivity contribution in [3.63, 3.8) is 0 Å². The van der Waals surface area contributed by atoms with E-state index in [1.54, 1.807) is 0 Å². The van der Waals surface area contributed by atoms with Crippen LogP contribution in [0.1, 0.15) is 26.7 Å². The highest BCUT2D eigenvalue weighted by Gasteiger charge is 1.93. The molecule has 0 saturated heterocycles. The molecule has 66 valence electrons. The third kappa shape index (κ3) is 3.38. The van der Waals surface area contributed by atoms with E-state index < -0.39 is 0 Å². The zero-order valence-corrected chi connectivity index (χ0v) is 8.14. The Morgan fingerprint density at radius 3 is 1.42 bits per heavy atom. The lowest BCUT2D eigenvalue weighted by Gasteiger charge is -2.01. The minimum Gasteiger partial charge on any atom is -0.0985 e. The van der Waals surface area contributed by atoms with E-state index in [4.69, 9.17) is 0 Å². The van der Waals surface area contributed by atoms with E-state index in [0.29, 0.717) is 0 Å². The van der Waals surface area contributed by atoms with Gasteiger partial charge in [0.15, 0.2) is 0 Å². The number of hydrogen-bond acceptors (Lipinski definition) is 0. The molecule has 0 N–H and O–H groups in total. The van der Waals surface area contributed by atoms with Gasteiger partial charge in [-0.2, -0.15) is 0 Å².